The SMILES string of the molecule is FC(F)(F)c1nccc(NCCc2c(Cl)cccc2Cl)n1. The van der Waals surface area contributed by atoms with Gasteiger partial charge in [0, 0.05) is 22.8 Å². The van der Waals surface area contributed by atoms with Gasteiger partial charge in [0.25, 0.3) is 0 Å². The fraction of sp³-hybridized carbons (Fsp3) is 0.231. The first-order chi connectivity index (χ1) is 9.88. The predicted octanol–water partition coefficient (Wildman–Crippen LogP) is 4.46. The summed E-state index contributed by atoms with van der Waals surface area (Å²) in [6.45, 7) is 0.345. The Bertz CT molecular complexity index is 612. The second kappa shape index (κ2) is 6.49. The Balaban J connectivity index is 2.01. The lowest BCUT2D eigenvalue weighted by Crippen LogP contribution is -2.13. The van der Waals surface area contributed by atoms with Gasteiger partial charge in [0.1, 0.15) is 5.82 Å². The van der Waals surface area contributed by atoms with Crippen molar-refractivity contribution in [3.63, 3.8) is 0 Å². The summed E-state index contributed by atoms with van der Waals surface area (Å²) in [5.74, 6) is -1.08. The van der Waals surface area contributed by atoms with Crippen LogP contribution >= 0.6 is 23.2 Å². The number of alkyl halides is 3. The van der Waals surface area contributed by atoms with Gasteiger partial charge in [-0.1, -0.05) is 29.3 Å². The molecule has 21 heavy (non-hydrogen) atoms. The van der Waals surface area contributed by atoms with Crippen LogP contribution in [0.15, 0.2) is 30.5 Å². The van der Waals surface area contributed by atoms with E-state index in [4.69, 9.17) is 23.2 Å². The predicted molar refractivity (Wildman–Crippen MR) is 75.7 cm³/mol. The van der Waals surface area contributed by atoms with E-state index in [1.165, 1.54) is 6.07 Å². The average Bonchev–Trinajstić information content (AvgIpc) is 2.41. The molecule has 2 aromatic rings. The lowest BCUT2D eigenvalue weighted by molar-refractivity contribution is -0.144. The second-order valence-corrected chi connectivity index (χ2v) is 4.95. The molecule has 112 valence electrons. The first kappa shape index (κ1) is 15.9. The summed E-state index contributed by atoms with van der Waals surface area (Å²) in [5, 5.41) is 3.82. The van der Waals surface area contributed by atoms with Gasteiger partial charge in [0.2, 0.25) is 5.82 Å². The van der Waals surface area contributed by atoms with Gasteiger partial charge in [-0.25, -0.2) is 9.97 Å². The lowest BCUT2D eigenvalue weighted by Gasteiger charge is -2.10. The van der Waals surface area contributed by atoms with Crippen molar-refractivity contribution in [3.05, 3.63) is 51.9 Å². The highest BCUT2D eigenvalue weighted by molar-refractivity contribution is 6.35. The van der Waals surface area contributed by atoms with Crippen molar-refractivity contribution in [2.45, 2.75) is 12.6 Å². The Morgan fingerprint density at radius 3 is 2.38 bits per heavy atom. The minimum atomic E-state index is -4.57. The van der Waals surface area contributed by atoms with Crippen LogP contribution in [0.3, 0.4) is 0 Å². The third-order valence-corrected chi connectivity index (χ3v) is 3.36. The quantitative estimate of drug-likeness (QED) is 0.896. The fourth-order valence-corrected chi connectivity index (χ4v) is 2.27. The zero-order chi connectivity index (χ0) is 15.5. The van der Waals surface area contributed by atoms with Crippen LogP contribution in [0.2, 0.25) is 10.0 Å². The molecule has 0 aliphatic heterocycles. The molecule has 0 saturated carbocycles. The molecule has 3 nitrogen and oxygen atoms in total. The number of hydrogen-bond donors (Lipinski definition) is 1. The van der Waals surface area contributed by atoms with Crippen LogP contribution in [0.1, 0.15) is 11.4 Å². The van der Waals surface area contributed by atoms with Gasteiger partial charge in [-0.2, -0.15) is 13.2 Å². The number of benzene rings is 1. The monoisotopic (exact) mass is 335 g/mol. The molecule has 0 atom stereocenters. The molecule has 0 bridgehead atoms. The van der Waals surface area contributed by atoms with Crippen molar-refractivity contribution in [3.8, 4) is 0 Å². The van der Waals surface area contributed by atoms with Crippen molar-refractivity contribution < 1.29 is 13.2 Å². The van der Waals surface area contributed by atoms with Crippen molar-refractivity contribution in [1.29, 1.82) is 0 Å². The smallest absolute Gasteiger partial charge is 0.370 e. The molecule has 1 heterocycles. The molecule has 0 aliphatic rings. The largest absolute Gasteiger partial charge is 0.451 e. The Morgan fingerprint density at radius 2 is 1.76 bits per heavy atom. The topological polar surface area (TPSA) is 37.8 Å². The highest BCUT2D eigenvalue weighted by atomic mass is 35.5. The molecule has 0 fully saturated rings. The van der Waals surface area contributed by atoms with E-state index in [1.807, 2.05) is 0 Å². The molecular formula is C13H10Cl2F3N3. The number of nitrogens with one attached hydrogen (secondary N) is 1. The molecule has 0 saturated heterocycles. The molecule has 1 aromatic heterocycles. The third kappa shape index (κ3) is 4.22. The molecule has 1 aromatic carbocycles. The first-order valence-electron chi connectivity index (χ1n) is 5.95. The Morgan fingerprint density at radius 1 is 1.10 bits per heavy atom. The van der Waals surface area contributed by atoms with Crippen LogP contribution in [-0.4, -0.2) is 16.5 Å². The minimum absolute atomic E-state index is 0.0977. The third-order valence-electron chi connectivity index (χ3n) is 2.65. The van der Waals surface area contributed by atoms with E-state index in [1.54, 1.807) is 18.2 Å². The van der Waals surface area contributed by atoms with Crippen LogP contribution in [0.4, 0.5) is 19.0 Å². The summed E-state index contributed by atoms with van der Waals surface area (Å²) < 4.78 is 37.4. The van der Waals surface area contributed by atoms with Crippen LogP contribution < -0.4 is 5.32 Å². The van der Waals surface area contributed by atoms with Gasteiger partial charge in [0.15, 0.2) is 0 Å². The lowest BCUT2D eigenvalue weighted by atomic mass is 10.1. The molecule has 0 aliphatic carbocycles. The number of hydrogen-bond acceptors (Lipinski definition) is 3. The summed E-state index contributed by atoms with van der Waals surface area (Å²) in [4.78, 5) is 6.59. The Labute approximate surface area is 129 Å². The molecular weight excluding hydrogens is 326 g/mol. The first-order valence-corrected chi connectivity index (χ1v) is 6.70. The van der Waals surface area contributed by atoms with Gasteiger partial charge in [-0.05, 0) is 30.2 Å². The Hall–Kier alpha value is -1.53. The van der Waals surface area contributed by atoms with Crippen LogP contribution in [-0.2, 0) is 12.6 Å². The number of rotatable bonds is 4. The van der Waals surface area contributed by atoms with Gasteiger partial charge in [0.05, 0.1) is 0 Å². The molecule has 0 spiro atoms. The molecule has 8 heteroatoms. The normalized spacial score (nSPS) is 11.5. The zero-order valence-corrected chi connectivity index (χ0v) is 12.1. The molecule has 0 amide bonds. The standard InChI is InChI=1S/C13H10Cl2F3N3/c14-9-2-1-3-10(15)8(9)4-6-19-11-5-7-20-12(21-11)13(16,17)18/h1-3,5,7H,4,6H2,(H,19,20,21). The summed E-state index contributed by atoms with van der Waals surface area (Å²) in [7, 11) is 0. The van der Waals surface area contributed by atoms with E-state index < -0.39 is 12.0 Å². The maximum absolute atomic E-state index is 12.5. The van der Waals surface area contributed by atoms with Crippen molar-refractivity contribution >= 4 is 29.0 Å². The fourth-order valence-electron chi connectivity index (χ4n) is 1.68. The van der Waals surface area contributed by atoms with Crippen molar-refractivity contribution in [2.24, 2.45) is 0 Å². The van der Waals surface area contributed by atoms with Crippen molar-refractivity contribution in [2.75, 3.05) is 11.9 Å². The second-order valence-electron chi connectivity index (χ2n) is 4.14. The summed E-state index contributed by atoms with van der Waals surface area (Å²) in [5.41, 5.74) is 0.735. The van der Waals surface area contributed by atoms with E-state index in [0.717, 1.165) is 11.8 Å². The van der Waals surface area contributed by atoms with Crippen LogP contribution in [0.5, 0.6) is 0 Å². The zero-order valence-electron chi connectivity index (χ0n) is 10.6. The minimum Gasteiger partial charge on any atom is -0.370 e. The summed E-state index contributed by atoms with van der Waals surface area (Å²) in [6.07, 6.45) is -3.05. The maximum Gasteiger partial charge on any atom is 0.451 e. The van der Waals surface area contributed by atoms with Crippen LogP contribution in [0.25, 0.3) is 0 Å². The van der Waals surface area contributed by atoms with Gasteiger partial charge < -0.3 is 5.32 Å². The van der Waals surface area contributed by atoms with E-state index in [2.05, 4.69) is 15.3 Å². The van der Waals surface area contributed by atoms with Gasteiger partial charge >= 0.3 is 6.18 Å². The number of nitrogens with zero attached hydrogens (tertiary/aromatic N) is 2. The van der Waals surface area contributed by atoms with Crippen molar-refractivity contribution in [1.82, 2.24) is 9.97 Å². The maximum atomic E-state index is 12.5. The summed E-state index contributed by atoms with van der Waals surface area (Å²) in [6, 6.07) is 6.50. The van der Waals surface area contributed by atoms with E-state index in [-0.39, 0.29) is 5.82 Å². The average molecular weight is 336 g/mol. The number of aromatic nitrogens is 2. The molecule has 0 radical (unpaired) electrons. The highest BCUT2D eigenvalue weighted by Gasteiger charge is 2.34. The molecule has 1 N–H and O–H groups in total. The summed E-state index contributed by atoms with van der Waals surface area (Å²) >= 11 is 12.0. The Kier molecular flexibility index (Phi) is 4.90. The van der Waals surface area contributed by atoms with Gasteiger partial charge in [-0.3, -0.25) is 0 Å². The van der Waals surface area contributed by atoms with Gasteiger partial charge in [-0.15, -0.1) is 0 Å². The number of halogens is 5. The van der Waals surface area contributed by atoms with E-state index >= 15 is 0 Å². The van der Waals surface area contributed by atoms with Crippen LogP contribution in [0, 0.1) is 0 Å². The van der Waals surface area contributed by atoms with E-state index in [9.17, 15) is 13.2 Å². The highest BCUT2D eigenvalue weighted by Crippen LogP contribution is 2.27. The van der Waals surface area contributed by atoms with E-state index in [0.29, 0.717) is 23.0 Å². The number of anilines is 1. The molecule has 2 rings (SSSR count). The molecule has 0 unspecified atom stereocenters.